The predicted octanol–water partition coefficient (Wildman–Crippen LogP) is 5.17. The van der Waals surface area contributed by atoms with Crippen molar-refractivity contribution in [1.29, 1.82) is 0 Å². The topological polar surface area (TPSA) is 62.3 Å². The van der Waals surface area contributed by atoms with E-state index < -0.39 is 0 Å². The molecule has 1 atom stereocenters. The Hall–Kier alpha value is -2.28. The van der Waals surface area contributed by atoms with Gasteiger partial charge >= 0.3 is 6.09 Å². The second-order valence-corrected chi connectivity index (χ2v) is 12.0. The van der Waals surface area contributed by atoms with Crippen LogP contribution in [0.4, 0.5) is 4.79 Å². The molecule has 1 aromatic carbocycles. The minimum atomic E-state index is -0.331. The molecule has 7 heteroatoms. The number of aryl methyl sites for hydroxylation is 2. The summed E-state index contributed by atoms with van der Waals surface area (Å²) >= 11 is 0. The van der Waals surface area contributed by atoms with Crippen molar-refractivity contribution in [1.82, 2.24) is 14.7 Å². The Labute approximate surface area is 222 Å². The molecule has 1 unspecified atom stereocenters. The second-order valence-electron chi connectivity index (χ2n) is 12.0. The number of carbonyl (C=O) groups excluding carboxylic acids is 2. The molecule has 37 heavy (non-hydrogen) atoms. The standard InChI is InChI=1S/C30H45N3O4/c1-21-18-26(36-4)19-22(2)27(21)28(34)32-14-10-25(11-15-32)31-16-12-30(13-17-31)23(3)33(29(35)37-30)20-24-8-6-5-7-9-24/h18-19,23-25H,5-17,20H2,1-4H3. The van der Waals surface area contributed by atoms with Gasteiger partial charge < -0.3 is 19.3 Å². The van der Waals surface area contributed by atoms with Crippen LogP contribution in [0.1, 0.15) is 86.2 Å². The van der Waals surface area contributed by atoms with Crippen LogP contribution in [-0.2, 0) is 4.74 Å². The summed E-state index contributed by atoms with van der Waals surface area (Å²) < 4.78 is 11.5. The van der Waals surface area contributed by atoms with E-state index in [1.807, 2.05) is 35.8 Å². The molecular formula is C30H45N3O4. The van der Waals surface area contributed by atoms with Crippen LogP contribution in [0.2, 0.25) is 0 Å². The van der Waals surface area contributed by atoms with Crippen LogP contribution in [0.5, 0.6) is 5.75 Å². The molecule has 1 saturated carbocycles. The van der Waals surface area contributed by atoms with Gasteiger partial charge in [0.1, 0.15) is 11.4 Å². The van der Waals surface area contributed by atoms with E-state index in [4.69, 9.17) is 9.47 Å². The number of carbonyl (C=O) groups is 2. The van der Waals surface area contributed by atoms with Gasteiger partial charge in [-0.1, -0.05) is 19.3 Å². The van der Waals surface area contributed by atoms with Crippen LogP contribution in [-0.4, -0.2) is 84.2 Å². The van der Waals surface area contributed by atoms with Crippen molar-refractivity contribution in [3.8, 4) is 5.75 Å². The lowest BCUT2D eigenvalue weighted by Crippen LogP contribution is -2.55. The number of likely N-dealkylation sites (tertiary alicyclic amines) is 2. The van der Waals surface area contributed by atoms with Crippen LogP contribution in [0, 0.1) is 19.8 Å². The van der Waals surface area contributed by atoms with E-state index in [1.165, 1.54) is 32.1 Å². The van der Waals surface area contributed by atoms with Crippen LogP contribution in [0.15, 0.2) is 12.1 Å². The van der Waals surface area contributed by atoms with Crippen LogP contribution < -0.4 is 4.74 Å². The number of piperidine rings is 2. The molecule has 3 heterocycles. The number of methoxy groups -OCH3 is 1. The van der Waals surface area contributed by atoms with E-state index >= 15 is 0 Å². The molecule has 3 aliphatic heterocycles. The fourth-order valence-electron chi connectivity index (χ4n) is 7.40. The van der Waals surface area contributed by atoms with E-state index in [0.717, 1.165) is 80.8 Å². The molecule has 3 saturated heterocycles. The van der Waals surface area contributed by atoms with Crippen molar-refractivity contribution >= 4 is 12.0 Å². The number of hydrogen-bond donors (Lipinski definition) is 0. The SMILES string of the molecule is COc1cc(C)c(C(=O)N2CCC(N3CCC4(CC3)OC(=O)N(CC3CCCCC3)C4C)CC2)c(C)c1. The van der Waals surface area contributed by atoms with Gasteiger partial charge in [0.05, 0.1) is 13.2 Å². The summed E-state index contributed by atoms with van der Waals surface area (Å²) in [5.74, 6) is 1.57. The number of rotatable bonds is 5. The van der Waals surface area contributed by atoms with Gasteiger partial charge in [-0.05, 0) is 75.6 Å². The van der Waals surface area contributed by atoms with Gasteiger partial charge in [-0.25, -0.2) is 4.79 Å². The van der Waals surface area contributed by atoms with Gasteiger partial charge in [-0.2, -0.15) is 0 Å². The number of amides is 2. The number of hydrogen-bond acceptors (Lipinski definition) is 5. The quantitative estimate of drug-likeness (QED) is 0.546. The minimum absolute atomic E-state index is 0.0949. The maximum atomic E-state index is 13.4. The predicted molar refractivity (Wildman–Crippen MR) is 144 cm³/mol. The highest BCUT2D eigenvalue weighted by Crippen LogP contribution is 2.41. The molecule has 0 bridgehead atoms. The molecule has 0 N–H and O–H groups in total. The summed E-state index contributed by atoms with van der Waals surface area (Å²) in [4.78, 5) is 32.9. The molecule has 7 nitrogen and oxygen atoms in total. The zero-order valence-electron chi connectivity index (χ0n) is 23.3. The molecule has 1 aromatic rings. The van der Waals surface area contributed by atoms with E-state index in [9.17, 15) is 9.59 Å². The first-order chi connectivity index (χ1) is 17.8. The van der Waals surface area contributed by atoms with Gasteiger partial charge in [0.25, 0.3) is 5.91 Å². The maximum Gasteiger partial charge on any atom is 0.410 e. The summed E-state index contributed by atoms with van der Waals surface area (Å²) in [5, 5.41) is 0. The Morgan fingerprint density at radius 2 is 1.62 bits per heavy atom. The van der Waals surface area contributed by atoms with E-state index in [-0.39, 0.29) is 23.6 Å². The first-order valence-electron chi connectivity index (χ1n) is 14.5. The summed E-state index contributed by atoms with van der Waals surface area (Å²) in [7, 11) is 1.66. The molecule has 1 spiro atoms. The van der Waals surface area contributed by atoms with Crippen molar-refractivity contribution in [2.75, 3.05) is 39.8 Å². The average Bonchev–Trinajstić information content (AvgIpc) is 3.13. The van der Waals surface area contributed by atoms with Crippen molar-refractivity contribution in [3.63, 3.8) is 0 Å². The van der Waals surface area contributed by atoms with E-state index in [2.05, 4.69) is 11.8 Å². The molecule has 5 rings (SSSR count). The van der Waals surface area contributed by atoms with Gasteiger partial charge in [0, 0.05) is 57.2 Å². The molecular weight excluding hydrogens is 466 g/mol. The molecule has 4 fully saturated rings. The van der Waals surface area contributed by atoms with Gasteiger partial charge in [-0.3, -0.25) is 9.69 Å². The van der Waals surface area contributed by atoms with Gasteiger partial charge in [-0.15, -0.1) is 0 Å². The highest BCUT2D eigenvalue weighted by atomic mass is 16.6. The first-order valence-corrected chi connectivity index (χ1v) is 14.5. The number of nitrogens with zero attached hydrogens (tertiary/aromatic N) is 3. The summed E-state index contributed by atoms with van der Waals surface area (Å²) in [5.41, 5.74) is 2.43. The van der Waals surface area contributed by atoms with Crippen LogP contribution in [0.25, 0.3) is 0 Å². The van der Waals surface area contributed by atoms with Gasteiger partial charge in [0.15, 0.2) is 0 Å². The third-order valence-corrected chi connectivity index (χ3v) is 9.80. The third-order valence-electron chi connectivity index (χ3n) is 9.80. The zero-order chi connectivity index (χ0) is 26.2. The Bertz CT molecular complexity index is 966. The second kappa shape index (κ2) is 10.8. The Morgan fingerprint density at radius 3 is 2.22 bits per heavy atom. The fourth-order valence-corrected chi connectivity index (χ4v) is 7.40. The molecule has 204 valence electrons. The molecule has 2 amide bonds. The van der Waals surface area contributed by atoms with Crippen molar-refractivity contribution in [2.24, 2.45) is 5.92 Å². The largest absolute Gasteiger partial charge is 0.497 e. The normalized spacial score (nSPS) is 25.5. The van der Waals surface area contributed by atoms with Crippen LogP contribution in [0.3, 0.4) is 0 Å². The third kappa shape index (κ3) is 5.21. The minimum Gasteiger partial charge on any atom is -0.497 e. The lowest BCUT2D eigenvalue weighted by Gasteiger charge is -2.45. The molecule has 0 radical (unpaired) electrons. The lowest BCUT2D eigenvalue weighted by atomic mass is 9.83. The Morgan fingerprint density at radius 1 is 1.00 bits per heavy atom. The highest BCUT2D eigenvalue weighted by Gasteiger charge is 2.53. The summed E-state index contributed by atoms with van der Waals surface area (Å²) in [6.45, 7) is 10.6. The van der Waals surface area contributed by atoms with Gasteiger partial charge in [0.2, 0.25) is 0 Å². The fraction of sp³-hybridized carbons (Fsp3) is 0.733. The number of benzene rings is 1. The monoisotopic (exact) mass is 511 g/mol. The van der Waals surface area contributed by atoms with Crippen molar-refractivity contribution in [3.05, 3.63) is 28.8 Å². The smallest absolute Gasteiger partial charge is 0.410 e. The zero-order valence-corrected chi connectivity index (χ0v) is 23.3. The van der Waals surface area contributed by atoms with E-state index in [0.29, 0.717) is 12.0 Å². The lowest BCUT2D eigenvalue weighted by molar-refractivity contribution is -0.0335. The maximum absolute atomic E-state index is 13.4. The summed E-state index contributed by atoms with van der Waals surface area (Å²) in [6.07, 6.45) is 10.1. The highest BCUT2D eigenvalue weighted by molar-refractivity contribution is 5.97. The Balaban J connectivity index is 1.14. The average molecular weight is 512 g/mol. The summed E-state index contributed by atoms with van der Waals surface area (Å²) in [6, 6.07) is 4.54. The molecule has 0 aromatic heterocycles. The molecule has 4 aliphatic rings. The molecule has 1 aliphatic carbocycles. The number of ether oxygens (including phenoxy) is 2. The van der Waals surface area contributed by atoms with Crippen LogP contribution >= 0.6 is 0 Å². The van der Waals surface area contributed by atoms with Crippen molar-refractivity contribution in [2.45, 2.75) is 96.2 Å². The van der Waals surface area contributed by atoms with E-state index in [1.54, 1.807) is 7.11 Å². The first kappa shape index (κ1) is 26.3. The Kier molecular flexibility index (Phi) is 7.71. The van der Waals surface area contributed by atoms with Crippen molar-refractivity contribution < 1.29 is 19.1 Å².